The summed E-state index contributed by atoms with van der Waals surface area (Å²) in [5.41, 5.74) is 2.96. The maximum Gasteiger partial charge on any atom is 0.363 e. The fourth-order valence-corrected chi connectivity index (χ4v) is 2.89. The van der Waals surface area contributed by atoms with E-state index in [0.29, 0.717) is 22.0 Å². The summed E-state index contributed by atoms with van der Waals surface area (Å²) in [4.78, 5) is 16.6. The molecular formula is C20H13ClN2O3. The zero-order chi connectivity index (χ0) is 18.1. The number of ether oxygens (including phenoxy) is 1. The first-order valence-electron chi connectivity index (χ1n) is 7.92. The largest absolute Gasteiger partial charge is 0.402 e. The lowest BCUT2D eigenvalue weighted by Gasteiger charge is -2.01. The van der Waals surface area contributed by atoms with Gasteiger partial charge in [0.2, 0.25) is 5.90 Å². The van der Waals surface area contributed by atoms with Crippen LogP contribution in [0.1, 0.15) is 16.9 Å². The fraction of sp³-hybridized carbons (Fsp3) is 0.0500. The Hall–Kier alpha value is -3.18. The second-order valence-electron chi connectivity index (χ2n) is 5.72. The molecule has 0 aliphatic carbocycles. The molecule has 0 fully saturated rings. The molecule has 5 nitrogen and oxygen atoms in total. The second-order valence-corrected chi connectivity index (χ2v) is 6.16. The minimum atomic E-state index is -0.528. The molecule has 3 aromatic rings. The van der Waals surface area contributed by atoms with Gasteiger partial charge in [0, 0.05) is 10.6 Å². The van der Waals surface area contributed by atoms with E-state index >= 15 is 0 Å². The van der Waals surface area contributed by atoms with Crippen LogP contribution in [0.2, 0.25) is 5.02 Å². The maximum atomic E-state index is 12.2. The molecule has 1 aliphatic rings. The van der Waals surface area contributed by atoms with Gasteiger partial charge in [-0.1, -0.05) is 59.2 Å². The first-order chi connectivity index (χ1) is 12.6. The van der Waals surface area contributed by atoms with Crippen molar-refractivity contribution in [3.8, 4) is 11.3 Å². The molecule has 0 N–H and O–H groups in total. The summed E-state index contributed by atoms with van der Waals surface area (Å²) in [6.45, 7) is 1.75. The molecule has 26 heavy (non-hydrogen) atoms. The average molecular weight is 365 g/mol. The first kappa shape index (κ1) is 16.3. The van der Waals surface area contributed by atoms with Crippen LogP contribution in [0.3, 0.4) is 0 Å². The number of hydrogen-bond donors (Lipinski definition) is 0. The number of cyclic esters (lactones) is 1. The predicted molar refractivity (Wildman–Crippen MR) is 98.7 cm³/mol. The Balaban J connectivity index is 1.76. The highest BCUT2D eigenvalue weighted by atomic mass is 35.5. The van der Waals surface area contributed by atoms with Crippen LogP contribution in [-0.2, 0) is 9.53 Å². The van der Waals surface area contributed by atoms with E-state index in [-0.39, 0.29) is 11.6 Å². The Kier molecular flexibility index (Phi) is 4.14. The minimum Gasteiger partial charge on any atom is -0.402 e. The Morgan fingerprint density at radius 3 is 2.65 bits per heavy atom. The third-order valence-electron chi connectivity index (χ3n) is 3.90. The summed E-state index contributed by atoms with van der Waals surface area (Å²) in [6, 6.07) is 16.7. The molecule has 128 valence electrons. The van der Waals surface area contributed by atoms with Gasteiger partial charge < -0.3 is 9.26 Å². The smallest absolute Gasteiger partial charge is 0.363 e. The monoisotopic (exact) mass is 364 g/mol. The Morgan fingerprint density at radius 1 is 1.08 bits per heavy atom. The van der Waals surface area contributed by atoms with Crippen LogP contribution in [0.4, 0.5) is 0 Å². The molecule has 0 spiro atoms. The van der Waals surface area contributed by atoms with Crippen LogP contribution in [-0.4, -0.2) is 17.0 Å². The van der Waals surface area contributed by atoms with Gasteiger partial charge in [0.25, 0.3) is 0 Å². The number of rotatable bonds is 3. The maximum absolute atomic E-state index is 12.2. The van der Waals surface area contributed by atoms with E-state index in [2.05, 4.69) is 10.1 Å². The number of nitrogens with zero attached hydrogens (tertiary/aromatic N) is 2. The molecular weight excluding hydrogens is 352 g/mol. The van der Waals surface area contributed by atoms with E-state index in [4.69, 9.17) is 20.9 Å². The van der Waals surface area contributed by atoms with Crippen molar-refractivity contribution in [3.05, 3.63) is 82.2 Å². The van der Waals surface area contributed by atoms with E-state index < -0.39 is 5.97 Å². The van der Waals surface area contributed by atoms with E-state index in [9.17, 15) is 4.79 Å². The molecule has 4 rings (SSSR count). The van der Waals surface area contributed by atoms with Crippen molar-refractivity contribution >= 4 is 29.5 Å². The van der Waals surface area contributed by atoms with Gasteiger partial charge in [0.15, 0.2) is 5.70 Å². The Labute approximate surface area is 154 Å². The highest BCUT2D eigenvalue weighted by molar-refractivity contribution is 6.30. The van der Waals surface area contributed by atoms with Crippen molar-refractivity contribution in [2.24, 2.45) is 4.99 Å². The number of esters is 1. The van der Waals surface area contributed by atoms with Crippen molar-refractivity contribution in [1.29, 1.82) is 0 Å². The minimum absolute atomic E-state index is 0.181. The normalized spacial score (nSPS) is 15.2. The second kappa shape index (κ2) is 6.61. The molecule has 0 amide bonds. The molecule has 2 aromatic carbocycles. The summed E-state index contributed by atoms with van der Waals surface area (Å²) < 4.78 is 10.7. The SMILES string of the molecule is Cc1onc(-c2ccccc2)c1C1=N/C(=C\c2cccc(Cl)c2)C(=O)O1. The number of aromatic nitrogens is 1. The lowest BCUT2D eigenvalue weighted by Crippen LogP contribution is -2.07. The van der Waals surface area contributed by atoms with Crippen LogP contribution < -0.4 is 0 Å². The molecule has 0 radical (unpaired) electrons. The van der Waals surface area contributed by atoms with Crippen LogP contribution in [0.15, 0.2) is 69.8 Å². The number of hydrogen-bond acceptors (Lipinski definition) is 5. The summed E-state index contributed by atoms with van der Waals surface area (Å²) in [5, 5.41) is 4.67. The topological polar surface area (TPSA) is 64.7 Å². The number of halogens is 1. The Bertz CT molecular complexity index is 1050. The van der Waals surface area contributed by atoms with Gasteiger partial charge >= 0.3 is 5.97 Å². The highest BCUT2D eigenvalue weighted by Gasteiger charge is 2.30. The standard InChI is InChI=1S/C20H13ClN2O3/c1-12-17(18(23-26-12)14-7-3-2-4-8-14)19-22-16(20(24)25-19)11-13-6-5-9-15(21)10-13/h2-11H,1H3/b16-11-. The van der Waals surface area contributed by atoms with E-state index in [0.717, 1.165) is 11.1 Å². The molecule has 6 heteroatoms. The molecule has 0 saturated carbocycles. The van der Waals surface area contributed by atoms with E-state index in [1.165, 1.54) is 0 Å². The van der Waals surface area contributed by atoms with Gasteiger partial charge in [0.05, 0.1) is 0 Å². The van der Waals surface area contributed by atoms with Crippen molar-refractivity contribution in [2.45, 2.75) is 6.92 Å². The van der Waals surface area contributed by atoms with Gasteiger partial charge in [-0.05, 0) is 30.7 Å². The molecule has 1 aliphatic heterocycles. The van der Waals surface area contributed by atoms with E-state index in [1.807, 2.05) is 36.4 Å². The number of aliphatic imine (C=N–C) groups is 1. The zero-order valence-corrected chi connectivity index (χ0v) is 14.5. The molecule has 1 aromatic heterocycles. The average Bonchev–Trinajstić information content (AvgIpc) is 3.18. The van der Waals surface area contributed by atoms with Crippen LogP contribution >= 0.6 is 11.6 Å². The number of benzene rings is 2. The van der Waals surface area contributed by atoms with Gasteiger partial charge in [-0.25, -0.2) is 9.79 Å². The highest BCUT2D eigenvalue weighted by Crippen LogP contribution is 2.29. The molecule has 2 heterocycles. The van der Waals surface area contributed by atoms with Crippen molar-refractivity contribution in [3.63, 3.8) is 0 Å². The number of carbonyl (C=O) groups excluding carboxylic acids is 1. The Morgan fingerprint density at radius 2 is 1.88 bits per heavy atom. The molecule has 0 saturated heterocycles. The lowest BCUT2D eigenvalue weighted by atomic mass is 10.1. The molecule has 0 unspecified atom stereocenters. The third-order valence-corrected chi connectivity index (χ3v) is 4.13. The van der Waals surface area contributed by atoms with Crippen molar-refractivity contribution in [2.75, 3.05) is 0 Å². The molecule has 0 bridgehead atoms. The van der Waals surface area contributed by atoms with Gasteiger partial charge in [-0.3, -0.25) is 0 Å². The van der Waals surface area contributed by atoms with Crippen LogP contribution in [0.5, 0.6) is 0 Å². The quantitative estimate of drug-likeness (QED) is 0.501. The van der Waals surface area contributed by atoms with E-state index in [1.54, 1.807) is 31.2 Å². The first-order valence-corrected chi connectivity index (χ1v) is 8.30. The third kappa shape index (κ3) is 3.05. The van der Waals surface area contributed by atoms with Crippen molar-refractivity contribution in [1.82, 2.24) is 5.16 Å². The number of aryl methyl sites for hydroxylation is 1. The summed E-state index contributed by atoms with van der Waals surface area (Å²) >= 11 is 5.98. The fourth-order valence-electron chi connectivity index (χ4n) is 2.69. The molecule has 0 atom stereocenters. The number of carbonyl (C=O) groups is 1. The summed E-state index contributed by atoms with van der Waals surface area (Å²) in [7, 11) is 0. The lowest BCUT2D eigenvalue weighted by molar-refractivity contribution is -0.129. The summed E-state index contributed by atoms with van der Waals surface area (Å²) in [6.07, 6.45) is 1.63. The predicted octanol–water partition coefficient (Wildman–Crippen LogP) is 4.65. The summed E-state index contributed by atoms with van der Waals surface area (Å²) in [5.74, 6) is 0.180. The van der Waals surface area contributed by atoms with Crippen LogP contribution in [0.25, 0.3) is 17.3 Å². The zero-order valence-electron chi connectivity index (χ0n) is 13.8. The van der Waals surface area contributed by atoms with Gasteiger partial charge in [0.1, 0.15) is 17.0 Å². The van der Waals surface area contributed by atoms with Gasteiger partial charge in [-0.15, -0.1) is 0 Å². The van der Waals surface area contributed by atoms with Crippen molar-refractivity contribution < 1.29 is 14.1 Å². The van der Waals surface area contributed by atoms with Crippen LogP contribution in [0, 0.1) is 6.92 Å². The van der Waals surface area contributed by atoms with Gasteiger partial charge in [-0.2, -0.15) is 0 Å².